The summed E-state index contributed by atoms with van der Waals surface area (Å²) in [7, 11) is 0. The third-order valence-electron chi connectivity index (χ3n) is 1.83. The van der Waals surface area contributed by atoms with Gasteiger partial charge in [0.15, 0.2) is 0 Å². The molecule has 0 aromatic rings. The van der Waals surface area contributed by atoms with Gasteiger partial charge in [-0.15, -0.1) is 0 Å². The third-order valence-corrected chi connectivity index (χ3v) is 1.83. The van der Waals surface area contributed by atoms with Gasteiger partial charge >= 0.3 is 0 Å². The van der Waals surface area contributed by atoms with Crippen LogP contribution in [0.1, 0.15) is 12.8 Å². The summed E-state index contributed by atoms with van der Waals surface area (Å²) < 4.78 is 0. The standard InChI is InChI=1S/C7H14N2O2/c8-2-1-3-9-5-6(10)4-7(9)11/h6,10H,1-5,8H2. The van der Waals surface area contributed by atoms with Gasteiger partial charge in [-0.25, -0.2) is 0 Å². The first kappa shape index (κ1) is 8.49. The fourth-order valence-electron chi connectivity index (χ4n) is 1.25. The molecule has 0 aliphatic carbocycles. The summed E-state index contributed by atoms with van der Waals surface area (Å²) in [5.41, 5.74) is 5.29. The molecule has 1 heterocycles. The van der Waals surface area contributed by atoms with Crippen LogP contribution < -0.4 is 5.73 Å². The van der Waals surface area contributed by atoms with E-state index in [1.54, 1.807) is 4.90 Å². The van der Waals surface area contributed by atoms with Crippen LogP contribution in [0.4, 0.5) is 0 Å². The zero-order chi connectivity index (χ0) is 8.27. The van der Waals surface area contributed by atoms with Crippen molar-refractivity contribution in [3.8, 4) is 0 Å². The van der Waals surface area contributed by atoms with Crippen molar-refractivity contribution < 1.29 is 9.90 Å². The lowest BCUT2D eigenvalue weighted by molar-refractivity contribution is -0.127. The summed E-state index contributed by atoms with van der Waals surface area (Å²) >= 11 is 0. The van der Waals surface area contributed by atoms with Crippen molar-refractivity contribution in [2.75, 3.05) is 19.6 Å². The predicted molar refractivity (Wildman–Crippen MR) is 40.9 cm³/mol. The van der Waals surface area contributed by atoms with E-state index in [1.165, 1.54) is 0 Å². The molecular formula is C7H14N2O2. The third kappa shape index (κ3) is 2.17. The SMILES string of the molecule is NCCCN1CC(O)CC1=O. The van der Waals surface area contributed by atoms with Gasteiger partial charge in [-0.3, -0.25) is 4.79 Å². The maximum atomic E-state index is 11.0. The van der Waals surface area contributed by atoms with Crippen molar-refractivity contribution in [1.82, 2.24) is 4.90 Å². The molecule has 1 aliphatic rings. The van der Waals surface area contributed by atoms with Crippen LogP contribution in [0.5, 0.6) is 0 Å². The highest BCUT2D eigenvalue weighted by Gasteiger charge is 2.26. The maximum Gasteiger partial charge on any atom is 0.225 e. The summed E-state index contributed by atoms with van der Waals surface area (Å²) in [4.78, 5) is 12.7. The van der Waals surface area contributed by atoms with E-state index in [0.717, 1.165) is 6.42 Å². The van der Waals surface area contributed by atoms with Gasteiger partial charge in [0.2, 0.25) is 5.91 Å². The Kier molecular flexibility index (Phi) is 2.84. The fraction of sp³-hybridized carbons (Fsp3) is 0.857. The highest BCUT2D eigenvalue weighted by Crippen LogP contribution is 2.10. The summed E-state index contributed by atoms with van der Waals surface area (Å²) in [6.07, 6.45) is 0.642. The van der Waals surface area contributed by atoms with Gasteiger partial charge in [0.05, 0.1) is 12.5 Å². The van der Waals surface area contributed by atoms with Crippen LogP contribution >= 0.6 is 0 Å². The van der Waals surface area contributed by atoms with Crippen LogP contribution in [0.15, 0.2) is 0 Å². The number of nitrogens with two attached hydrogens (primary N) is 1. The quantitative estimate of drug-likeness (QED) is 0.549. The van der Waals surface area contributed by atoms with Crippen LogP contribution in [0, 0.1) is 0 Å². The Labute approximate surface area is 66.0 Å². The van der Waals surface area contributed by atoms with E-state index in [1.807, 2.05) is 0 Å². The van der Waals surface area contributed by atoms with Gasteiger partial charge in [-0.05, 0) is 13.0 Å². The summed E-state index contributed by atoms with van der Waals surface area (Å²) in [6, 6.07) is 0. The molecule has 0 aromatic heterocycles. The number of hydrogen-bond donors (Lipinski definition) is 2. The Morgan fingerprint density at radius 3 is 2.91 bits per heavy atom. The van der Waals surface area contributed by atoms with Crippen molar-refractivity contribution in [2.45, 2.75) is 18.9 Å². The maximum absolute atomic E-state index is 11.0. The highest BCUT2D eigenvalue weighted by atomic mass is 16.3. The van der Waals surface area contributed by atoms with Crippen LogP contribution in [-0.4, -0.2) is 41.7 Å². The Hall–Kier alpha value is -0.610. The molecule has 64 valence electrons. The number of β-amino-alcohol motifs (C(OH)–C–C–N with tert-alkyl or cyclic N) is 1. The molecule has 3 N–H and O–H groups in total. The topological polar surface area (TPSA) is 66.6 Å². The fourth-order valence-corrected chi connectivity index (χ4v) is 1.25. The minimum absolute atomic E-state index is 0.0472. The van der Waals surface area contributed by atoms with Gasteiger partial charge in [-0.1, -0.05) is 0 Å². The molecule has 1 amide bonds. The molecule has 4 nitrogen and oxygen atoms in total. The molecule has 11 heavy (non-hydrogen) atoms. The van der Waals surface area contributed by atoms with Crippen LogP contribution in [0.2, 0.25) is 0 Å². The Morgan fingerprint density at radius 1 is 1.73 bits per heavy atom. The minimum atomic E-state index is -0.458. The number of rotatable bonds is 3. The molecule has 1 fully saturated rings. The lowest BCUT2D eigenvalue weighted by atomic mass is 10.3. The molecule has 1 saturated heterocycles. The number of hydrogen-bond acceptors (Lipinski definition) is 3. The lowest BCUT2D eigenvalue weighted by Gasteiger charge is -2.14. The number of carbonyl (C=O) groups is 1. The first-order valence-electron chi connectivity index (χ1n) is 3.90. The second-order valence-corrected chi connectivity index (χ2v) is 2.84. The number of likely N-dealkylation sites (tertiary alicyclic amines) is 1. The molecule has 0 bridgehead atoms. The van der Waals surface area contributed by atoms with Gasteiger partial charge in [0, 0.05) is 13.1 Å². The van der Waals surface area contributed by atoms with E-state index in [9.17, 15) is 4.79 Å². The van der Waals surface area contributed by atoms with E-state index >= 15 is 0 Å². The summed E-state index contributed by atoms with van der Waals surface area (Å²) in [5, 5.41) is 9.08. The van der Waals surface area contributed by atoms with E-state index < -0.39 is 6.10 Å². The van der Waals surface area contributed by atoms with Crippen molar-refractivity contribution in [2.24, 2.45) is 5.73 Å². The molecule has 0 saturated carbocycles. The zero-order valence-electron chi connectivity index (χ0n) is 6.49. The Morgan fingerprint density at radius 2 is 2.45 bits per heavy atom. The molecule has 1 unspecified atom stereocenters. The Bertz CT molecular complexity index is 149. The molecular weight excluding hydrogens is 144 g/mol. The first-order chi connectivity index (χ1) is 5.24. The van der Waals surface area contributed by atoms with Crippen molar-refractivity contribution in [1.29, 1.82) is 0 Å². The second kappa shape index (κ2) is 3.69. The monoisotopic (exact) mass is 158 g/mol. The average Bonchev–Trinajstić information content (AvgIpc) is 2.26. The number of nitrogens with zero attached hydrogens (tertiary/aromatic N) is 1. The number of carbonyl (C=O) groups excluding carboxylic acids is 1. The van der Waals surface area contributed by atoms with Crippen molar-refractivity contribution >= 4 is 5.91 Å². The van der Waals surface area contributed by atoms with Crippen molar-refractivity contribution in [3.05, 3.63) is 0 Å². The molecule has 1 aliphatic heterocycles. The number of aliphatic hydroxyl groups is 1. The molecule has 4 heteroatoms. The number of aliphatic hydroxyl groups excluding tert-OH is 1. The summed E-state index contributed by atoms with van der Waals surface area (Å²) in [6.45, 7) is 1.77. The van der Waals surface area contributed by atoms with Crippen LogP contribution in [0.25, 0.3) is 0 Å². The van der Waals surface area contributed by atoms with Gasteiger partial charge in [-0.2, -0.15) is 0 Å². The minimum Gasteiger partial charge on any atom is -0.391 e. The lowest BCUT2D eigenvalue weighted by Crippen LogP contribution is -2.28. The van der Waals surface area contributed by atoms with Gasteiger partial charge in [0.25, 0.3) is 0 Å². The van der Waals surface area contributed by atoms with Crippen LogP contribution in [-0.2, 0) is 4.79 Å². The molecule has 0 spiro atoms. The smallest absolute Gasteiger partial charge is 0.225 e. The first-order valence-corrected chi connectivity index (χ1v) is 3.90. The molecule has 0 radical (unpaired) electrons. The molecule has 1 rings (SSSR count). The Balaban J connectivity index is 2.29. The van der Waals surface area contributed by atoms with E-state index in [4.69, 9.17) is 10.8 Å². The average molecular weight is 158 g/mol. The van der Waals surface area contributed by atoms with E-state index in [2.05, 4.69) is 0 Å². The molecule has 1 atom stereocenters. The zero-order valence-corrected chi connectivity index (χ0v) is 6.49. The molecule has 0 aromatic carbocycles. The predicted octanol–water partition coefficient (Wildman–Crippen LogP) is -1.07. The normalized spacial score (nSPS) is 24.7. The van der Waals surface area contributed by atoms with Crippen molar-refractivity contribution in [3.63, 3.8) is 0 Å². The highest BCUT2D eigenvalue weighted by molar-refractivity contribution is 5.78. The van der Waals surface area contributed by atoms with Crippen LogP contribution in [0.3, 0.4) is 0 Å². The van der Waals surface area contributed by atoms with E-state index in [-0.39, 0.29) is 12.3 Å². The van der Waals surface area contributed by atoms with Gasteiger partial charge < -0.3 is 15.7 Å². The number of amides is 1. The largest absolute Gasteiger partial charge is 0.391 e. The van der Waals surface area contributed by atoms with E-state index in [0.29, 0.717) is 19.6 Å². The summed E-state index contributed by atoms with van der Waals surface area (Å²) in [5.74, 6) is 0.0472. The van der Waals surface area contributed by atoms with Gasteiger partial charge in [0.1, 0.15) is 0 Å². The second-order valence-electron chi connectivity index (χ2n) is 2.84.